The summed E-state index contributed by atoms with van der Waals surface area (Å²) in [5.41, 5.74) is 10.4. The molecule has 0 bridgehead atoms. The smallest absolute Gasteiger partial charge is 0.0543 e. The molecule has 0 saturated heterocycles. The third-order valence-electron chi connectivity index (χ3n) is 4.15. The molecule has 20 heavy (non-hydrogen) atoms. The second kappa shape index (κ2) is 6.21. The van der Waals surface area contributed by atoms with Crippen LogP contribution in [0.4, 0.5) is 0 Å². The van der Waals surface area contributed by atoms with Crippen LogP contribution in [-0.2, 0) is 11.8 Å². The van der Waals surface area contributed by atoms with Gasteiger partial charge >= 0.3 is 0 Å². The third kappa shape index (κ3) is 2.92. The first-order valence-electron chi connectivity index (χ1n) is 7.04. The average molecular weight is 269 g/mol. The number of aryl methyl sites for hydroxylation is 2. The van der Waals surface area contributed by atoms with E-state index in [9.17, 15) is 5.11 Å². The highest BCUT2D eigenvalue weighted by Crippen LogP contribution is 2.29. The summed E-state index contributed by atoms with van der Waals surface area (Å²) in [4.78, 5) is 0. The van der Waals surface area contributed by atoms with E-state index in [1.165, 1.54) is 16.7 Å². The van der Waals surface area contributed by atoms with Crippen molar-refractivity contribution in [2.24, 2.45) is 5.73 Å². The van der Waals surface area contributed by atoms with Crippen LogP contribution in [0.1, 0.15) is 22.3 Å². The molecule has 2 nitrogen and oxygen atoms in total. The number of aliphatic hydroxyl groups excluding tert-OH is 1. The normalized spacial score (nSPS) is 14.0. The van der Waals surface area contributed by atoms with Crippen LogP contribution < -0.4 is 5.73 Å². The lowest BCUT2D eigenvalue weighted by atomic mass is 9.75. The summed E-state index contributed by atoms with van der Waals surface area (Å²) in [6.07, 6.45) is 0.760. The molecule has 0 amide bonds. The molecule has 0 saturated carbocycles. The molecule has 1 atom stereocenters. The van der Waals surface area contributed by atoms with Crippen LogP contribution in [0, 0.1) is 13.8 Å². The largest absolute Gasteiger partial charge is 0.395 e. The molecule has 0 aliphatic heterocycles. The Labute approximate surface area is 121 Å². The highest BCUT2D eigenvalue weighted by molar-refractivity contribution is 5.35. The molecule has 0 aromatic heterocycles. The molecule has 2 heteroatoms. The maximum Gasteiger partial charge on any atom is 0.0543 e. The summed E-state index contributed by atoms with van der Waals surface area (Å²) < 4.78 is 0. The van der Waals surface area contributed by atoms with Crippen molar-refractivity contribution in [2.75, 3.05) is 13.2 Å². The van der Waals surface area contributed by atoms with Gasteiger partial charge in [-0.05, 0) is 37.0 Å². The Morgan fingerprint density at radius 3 is 2.20 bits per heavy atom. The molecule has 2 aromatic rings. The van der Waals surface area contributed by atoms with Crippen molar-refractivity contribution in [3.63, 3.8) is 0 Å². The molecule has 0 heterocycles. The van der Waals surface area contributed by atoms with Crippen molar-refractivity contribution in [1.29, 1.82) is 0 Å². The molecule has 0 fully saturated rings. The van der Waals surface area contributed by atoms with Gasteiger partial charge in [-0.1, -0.05) is 54.1 Å². The molecule has 0 radical (unpaired) electrons. The van der Waals surface area contributed by atoms with Gasteiger partial charge in [0.1, 0.15) is 0 Å². The Morgan fingerprint density at radius 1 is 1.00 bits per heavy atom. The van der Waals surface area contributed by atoms with Crippen LogP contribution in [0.5, 0.6) is 0 Å². The zero-order chi connectivity index (χ0) is 14.6. The minimum Gasteiger partial charge on any atom is -0.395 e. The average Bonchev–Trinajstić information content (AvgIpc) is 2.48. The lowest BCUT2D eigenvalue weighted by molar-refractivity contribution is 0.196. The maximum absolute atomic E-state index is 9.97. The Morgan fingerprint density at radius 2 is 1.65 bits per heavy atom. The topological polar surface area (TPSA) is 46.2 Å². The molecular formula is C18H23NO. The Hall–Kier alpha value is -1.64. The van der Waals surface area contributed by atoms with Crippen molar-refractivity contribution in [2.45, 2.75) is 25.7 Å². The Balaban J connectivity index is 2.39. The zero-order valence-corrected chi connectivity index (χ0v) is 12.3. The first-order chi connectivity index (χ1) is 9.61. The standard InChI is InChI=1S/C18H23NO/c1-14-7-9-17(10-8-14)18(12-19,13-20)11-16-6-4-3-5-15(16)2/h3-10,20H,11-13,19H2,1-2H3. The first kappa shape index (κ1) is 14.8. The minimum atomic E-state index is -0.403. The van der Waals surface area contributed by atoms with Crippen LogP contribution in [0.25, 0.3) is 0 Å². The van der Waals surface area contributed by atoms with Gasteiger partial charge in [-0.3, -0.25) is 0 Å². The summed E-state index contributed by atoms with van der Waals surface area (Å²) >= 11 is 0. The van der Waals surface area contributed by atoms with Crippen LogP contribution in [-0.4, -0.2) is 18.3 Å². The number of hydrogen-bond acceptors (Lipinski definition) is 2. The fraction of sp³-hybridized carbons (Fsp3) is 0.333. The van der Waals surface area contributed by atoms with E-state index in [0.717, 1.165) is 12.0 Å². The van der Waals surface area contributed by atoms with Crippen molar-refractivity contribution < 1.29 is 5.11 Å². The SMILES string of the molecule is Cc1ccc(C(CN)(CO)Cc2ccccc2C)cc1. The highest BCUT2D eigenvalue weighted by Gasteiger charge is 2.30. The lowest BCUT2D eigenvalue weighted by Gasteiger charge is -2.32. The van der Waals surface area contributed by atoms with Crippen molar-refractivity contribution in [3.05, 3.63) is 70.8 Å². The molecule has 2 rings (SSSR count). The predicted molar refractivity (Wildman–Crippen MR) is 83.9 cm³/mol. The van der Waals surface area contributed by atoms with Crippen LogP contribution in [0.15, 0.2) is 48.5 Å². The molecule has 0 aliphatic carbocycles. The predicted octanol–water partition coefficient (Wildman–Crippen LogP) is 2.73. The Kier molecular flexibility index (Phi) is 4.58. The number of hydrogen-bond donors (Lipinski definition) is 2. The van der Waals surface area contributed by atoms with Gasteiger partial charge in [0.2, 0.25) is 0 Å². The summed E-state index contributed by atoms with van der Waals surface area (Å²) in [6.45, 7) is 4.65. The summed E-state index contributed by atoms with van der Waals surface area (Å²) in [5, 5.41) is 9.97. The molecule has 3 N–H and O–H groups in total. The van der Waals surface area contributed by atoms with Gasteiger partial charge in [-0.15, -0.1) is 0 Å². The summed E-state index contributed by atoms with van der Waals surface area (Å²) in [7, 11) is 0. The van der Waals surface area contributed by atoms with E-state index in [0.29, 0.717) is 6.54 Å². The first-order valence-corrected chi connectivity index (χ1v) is 7.04. The summed E-state index contributed by atoms with van der Waals surface area (Å²) in [6, 6.07) is 16.6. The van der Waals surface area contributed by atoms with Crippen LogP contribution in [0.2, 0.25) is 0 Å². The Bertz CT molecular complexity index is 556. The van der Waals surface area contributed by atoms with E-state index >= 15 is 0 Å². The quantitative estimate of drug-likeness (QED) is 0.876. The molecule has 106 valence electrons. The van der Waals surface area contributed by atoms with Crippen molar-refractivity contribution in [3.8, 4) is 0 Å². The second-order valence-electron chi connectivity index (χ2n) is 5.61. The molecule has 1 unspecified atom stereocenters. The molecule has 0 aliphatic rings. The minimum absolute atomic E-state index is 0.0564. The van der Waals surface area contributed by atoms with E-state index in [2.05, 4.69) is 50.2 Å². The van der Waals surface area contributed by atoms with Gasteiger partial charge in [-0.25, -0.2) is 0 Å². The van der Waals surface area contributed by atoms with Gasteiger partial charge in [0, 0.05) is 12.0 Å². The van der Waals surface area contributed by atoms with Crippen LogP contribution >= 0.6 is 0 Å². The van der Waals surface area contributed by atoms with E-state index in [1.807, 2.05) is 12.1 Å². The fourth-order valence-corrected chi connectivity index (χ4v) is 2.58. The van der Waals surface area contributed by atoms with Crippen LogP contribution in [0.3, 0.4) is 0 Å². The van der Waals surface area contributed by atoms with Gasteiger partial charge in [0.25, 0.3) is 0 Å². The number of aliphatic hydroxyl groups is 1. The maximum atomic E-state index is 9.97. The highest BCUT2D eigenvalue weighted by atomic mass is 16.3. The fourth-order valence-electron chi connectivity index (χ4n) is 2.58. The number of nitrogens with two attached hydrogens (primary N) is 1. The second-order valence-corrected chi connectivity index (χ2v) is 5.61. The van der Waals surface area contributed by atoms with Gasteiger partial charge in [0.05, 0.1) is 6.61 Å². The van der Waals surface area contributed by atoms with E-state index in [4.69, 9.17) is 5.73 Å². The van der Waals surface area contributed by atoms with E-state index in [1.54, 1.807) is 0 Å². The molecule has 0 spiro atoms. The lowest BCUT2D eigenvalue weighted by Crippen LogP contribution is -2.41. The summed E-state index contributed by atoms with van der Waals surface area (Å²) in [5.74, 6) is 0. The monoisotopic (exact) mass is 269 g/mol. The third-order valence-corrected chi connectivity index (χ3v) is 4.15. The van der Waals surface area contributed by atoms with Gasteiger partial charge in [0.15, 0.2) is 0 Å². The van der Waals surface area contributed by atoms with E-state index < -0.39 is 5.41 Å². The van der Waals surface area contributed by atoms with Gasteiger partial charge in [-0.2, -0.15) is 0 Å². The number of rotatable bonds is 5. The number of benzene rings is 2. The van der Waals surface area contributed by atoms with E-state index in [-0.39, 0.29) is 6.61 Å². The molecular weight excluding hydrogens is 246 g/mol. The van der Waals surface area contributed by atoms with Crippen molar-refractivity contribution in [1.82, 2.24) is 0 Å². The zero-order valence-electron chi connectivity index (χ0n) is 12.3. The van der Waals surface area contributed by atoms with Crippen molar-refractivity contribution >= 4 is 0 Å². The molecule has 2 aromatic carbocycles. The van der Waals surface area contributed by atoms with Gasteiger partial charge < -0.3 is 10.8 Å².